The molecule has 2 rings (SSSR count). The van der Waals surface area contributed by atoms with E-state index in [0.717, 1.165) is 16.8 Å². The third-order valence-electron chi connectivity index (χ3n) is 2.88. The number of halogens is 3. The number of amides is 1. The lowest BCUT2D eigenvalue weighted by atomic mass is 10.2. The molecule has 134 valence electrons. The van der Waals surface area contributed by atoms with Crippen LogP contribution >= 0.6 is 0 Å². The van der Waals surface area contributed by atoms with Gasteiger partial charge in [0.2, 0.25) is 0 Å². The van der Waals surface area contributed by atoms with Crippen molar-refractivity contribution >= 4 is 11.9 Å². The molecule has 0 fully saturated rings. The van der Waals surface area contributed by atoms with Gasteiger partial charge in [-0.15, -0.1) is 5.10 Å². The van der Waals surface area contributed by atoms with Crippen molar-refractivity contribution in [3.8, 4) is 5.75 Å². The summed E-state index contributed by atoms with van der Waals surface area (Å²) < 4.78 is 43.8. The summed E-state index contributed by atoms with van der Waals surface area (Å²) in [6.45, 7) is -0.866. The molecular weight excluding hydrogens is 345 g/mol. The number of hydrogen-bond donors (Lipinski definition) is 2. The quantitative estimate of drug-likeness (QED) is 0.767. The maximum atomic E-state index is 12.6. The topological polar surface area (TPSA) is 106 Å². The minimum Gasteiger partial charge on any atom is -0.484 e. The van der Waals surface area contributed by atoms with Crippen LogP contribution in [0.3, 0.4) is 0 Å². The highest BCUT2D eigenvalue weighted by molar-refractivity contribution is 5.77. The Labute approximate surface area is 139 Å². The Morgan fingerprint density at radius 3 is 2.76 bits per heavy atom. The number of benzene rings is 1. The molecule has 1 aromatic heterocycles. The Kier molecular flexibility index (Phi) is 5.57. The van der Waals surface area contributed by atoms with Crippen molar-refractivity contribution in [3.63, 3.8) is 0 Å². The molecule has 11 heteroatoms. The van der Waals surface area contributed by atoms with Gasteiger partial charge < -0.3 is 15.2 Å². The number of carbonyl (C=O) groups excluding carboxylic acids is 1. The molecule has 0 spiro atoms. The van der Waals surface area contributed by atoms with E-state index in [0.29, 0.717) is 5.69 Å². The van der Waals surface area contributed by atoms with Crippen molar-refractivity contribution in [2.75, 3.05) is 6.61 Å². The van der Waals surface area contributed by atoms with Gasteiger partial charge in [0.15, 0.2) is 6.61 Å². The number of alkyl halides is 3. The summed E-state index contributed by atoms with van der Waals surface area (Å²) in [7, 11) is 0. The molecule has 0 unspecified atom stereocenters. The first kappa shape index (κ1) is 18.2. The summed E-state index contributed by atoms with van der Waals surface area (Å²) in [5.41, 5.74) is -0.547. The summed E-state index contributed by atoms with van der Waals surface area (Å²) in [6, 6.07) is 4.18. The lowest BCUT2D eigenvalue weighted by Gasteiger charge is -2.10. The van der Waals surface area contributed by atoms with Crippen LogP contribution in [-0.4, -0.2) is 38.6 Å². The Bertz CT molecular complexity index is 761. The number of aromatic nitrogens is 3. The molecule has 0 saturated heterocycles. The highest BCUT2D eigenvalue weighted by atomic mass is 19.4. The average molecular weight is 358 g/mol. The maximum absolute atomic E-state index is 12.6. The van der Waals surface area contributed by atoms with E-state index in [4.69, 9.17) is 9.84 Å². The minimum atomic E-state index is -4.50. The predicted molar refractivity (Wildman–Crippen MR) is 76.4 cm³/mol. The van der Waals surface area contributed by atoms with Crippen LogP contribution in [0.5, 0.6) is 5.75 Å². The molecule has 0 bridgehead atoms. The Morgan fingerprint density at radius 1 is 1.32 bits per heavy atom. The molecule has 2 N–H and O–H groups in total. The summed E-state index contributed by atoms with van der Waals surface area (Å²) in [6.07, 6.45) is -3.15. The second-order valence-corrected chi connectivity index (χ2v) is 4.89. The molecule has 0 radical (unpaired) electrons. The smallest absolute Gasteiger partial charge is 0.416 e. The fraction of sp³-hybridized carbons (Fsp3) is 0.286. The molecule has 0 aliphatic carbocycles. The van der Waals surface area contributed by atoms with Crippen LogP contribution in [0.25, 0.3) is 0 Å². The van der Waals surface area contributed by atoms with E-state index in [1.165, 1.54) is 18.3 Å². The van der Waals surface area contributed by atoms with Gasteiger partial charge in [0.05, 0.1) is 18.3 Å². The number of hydrogen-bond acceptors (Lipinski definition) is 5. The molecule has 0 saturated carbocycles. The fourth-order valence-corrected chi connectivity index (χ4v) is 1.79. The van der Waals surface area contributed by atoms with Crippen LogP contribution < -0.4 is 10.1 Å². The average Bonchev–Trinajstić information content (AvgIpc) is 2.97. The predicted octanol–water partition coefficient (Wildman–Crippen LogP) is 1.08. The van der Waals surface area contributed by atoms with Gasteiger partial charge >= 0.3 is 12.1 Å². The number of carboxylic acids is 1. The van der Waals surface area contributed by atoms with E-state index >= 15 is 0 Å². The lowest BCUT2D eigenvalue weighted by molar-refractivity contribution is -0.138. The third-order valence-corrected chi connectivity index (χ3v) is 2.88. The lowest BCUT2D eigenvalue weighted by Crippen LogP contribution is -2.28. The van der Waals surface area contributed by atoms with Gasteiger partial charge in [-0.25, -0.2) is 4.68 Å². The third kappa shape index (κ3) is 5.79. The van der Waals surface area contributed by atoms with Crippen molar-refractivity contribution in [1.29, 1.82) is 0 Å². The number of carbonyl (C=O) groups is 2. The highest BCUT2D eigenvalue weighted by Crippen LogP contribution is 2.31. The molecule has 1 heterocycles. The number of aliphatic carboxylic acids is 1. The van der Waals surface area contributed by atoms with E-state index in [9.17, 15) is 22.8 Å². The van der Waals surface area contributed by atoms with Gasteiger partial charge in [0.1, 0.15) is 18.0 Å². The molecule has 8 nitrogen and oxygen atoms in total. The van der Waals surface area contributed by atoms with Crippen molar-refractivity contribution in [2.45, 2.75) is 19.3 Å². The van der Waals surface area contributed by atoms with Gasteiger partial charge in [0, 0.05) is 0 Å². The zero-order valence-corrected chi connectivity index (χ0v) is 12.7. The fourth-order valence-electron chi connectivity index (χ4n) is 1.79. The SMILES string of the molecule is O=C(O)Cn1cc(CNC(=O)COc2cccc(C(F)(F)F)c2)nn1. The number of rotatable bonds is 7. The van der Waals surface area contributed by atoms with Crippen LogP contribution in [0.15, 0.2) is 30.5 Å². The largest absolute Gasteiger partial charge is 0.484 e. The first-order valence-corrected chi connectivity index (χ1v) is 6.91. The molecule has 1 aromatic carbocycles. The van der Waals surface area contributed by atoms with Crippen molar-refractivity contribution in [1.82, 2.24) is 20.3 Å². The normalized spacial score (nSPS) is 11.2. The van der Waals surface area contributed by atoms with E-state index in [2.05, 4.69) is 15.6 Å². The van der Waals surface area contributed by atoms with Crippen molar-refractivity contribution in [2.24, 2.45) is 0 Å². The molecule has 0 atom stereocenters. The van der Waals surface area contributed by atoms with Crippen LogP contribution in [0.4, 0.5) is 13.2 Å². The Morgan fingerprint density at radius 2 is 2.08 bits per heavy atom. The highest BCUT2D eigenvalue weighted by Gasteiger charge is 2.30. The first-order chi connectivity index (χ1) is 11.7. The van der Waals surface area contributed by atoms with Gasteiger partial charge in [0.25, 0.3) is 5.91 Å². The molecule has 0 aliphatic rings. The second-order valence-electron chi connectivity index (χ2n) is 4.89. The number of ether oxygens (including phenoxy) is 1. The van der Waals surface area contributed by atoms with Crippen LogP contribution in [0, 0.1) is 0 Å². The van der Waals surface area contributed by atoms with Crippen molar-refractivity contribution in [3.05, 3.63) is 41.7 Å². The zero-order valence-electron chi connectivity index (χ0n) is 12.7. The minimum absolute atomic E-state index is 0.0234. The molecule has 1 amide bonds. The monoisotopic (exact) mass is 358 g/mol. The van der Waals surface area contributed by atoms with Crippen molar-refractivity contribution < 1.29 is 32.6 Å². The number of nitrogens with zero attached hydrogens (tertiary/aromatic N) is 3. The maximum Gasteiger partial charge on any atom is 0.416 e. The standard InChI is InChI=1S/C14H13F3N4O4/c15-14(16,17)9-2-1-3-11(4-9)25-8-12(22)18-5-10-6-21(20-19-10)7-13(23)24/h1-4,6H,5,7-8H2,(H,18,22)(H,23,24). The van der Waals surface area contributed by atoms with Gasteiger partial charge in [-0.3, -0.25) is 9.59 Å². The van der Waals surface area contributed by atoms with E-state index in [1.54, 1.807) is 0 Å². The van der Waals surface area contributed by atoms with Gasteiger partial charge in [-0.05, 0) is 18.2 Å². The number of carboxylic acid groups (broad SMARTS) is 1. The Balaban J connectivity index is 1.81. The second kappa shape index (κ2) is 7.64. The van der Waals surface area contributed by atoms with Gasteiger partial charge in [-0.1, -0.05) is 11.3 Å². The Hall–Kier alpha value is -3.11. The molecular formula is C14H13F3N4O4. The van der Waals surface area contributed by atoms with E-state index in [-0.39, 0.29) is 18.8 Å². The molecule has 2 aromatic rings. The van der Waals surface area contributed by atoms with Crippen LogP contribution in [0.1, 0.15) is 11.3 Å². The summed E-state index contributed by atoms with van der Waals surface area (Å²) in [5.74, 6) is -1.75. The molecule has 0 aliphatic heterocycles. The summed E-state index contributed by atoms with van der Waals surface area (Å²) in [5, 5.41) is 18.3. The van der Waals surface area contributed by atoms with E-state index < -0.39 is 30.2 Å². The summed E-state index contributed by atoms with van der Waals surface area (Å²) in [4.78, 5) is 22.2. The zero-order chi connectivity index (χ0) is 18.4. The van der Waals surface area contributed by atoms with Gasteiger partial charge in [-0.2, -0.15) is 13.2 Å². The van der Waals surface area contributed by atoms with Crippen LogP contribution in [-0.2, 0) is 28.9 Å². The first-order valence-electron chi connectivity index (χ1n) is 6.91. The van der Waals surface area contributed by atoms with Crippen LogP contribution in [0.2, 0.25) is 0 Å². The number of nitrogens with one attached hydrogen (secondary N) is 1. The van der Waals surface area contributed by atoms with E-state index in [1.807, 2.05) is 0 Å². The molecule has 25 heavy (non-hydrogen) atoms. The summed E-state index contributed by atoms with van der Waals surface area (Å²) >= 11 is 0.